The first-order valence-electron chi connectivity index (χ1n) is 5.21. The molecule has 0 saturated carbocycles. The van der Waals surface area contributed by atoms with Crippen molar-refractivity contribution < 1.29 is 30.7 Å². The number of nitrogens with zero attached hydrogens (tertiary/aromatic N) is 1. The molecule has 0 atom stereocenters. The van der Waals surface area contributed by atoms with Crippen molar-refractivity contribution in [1.82, 2.24) is 4.98 Å². The molecule has 0 fully saturated rings. The Kier molecular flexibility index (Phi) is 3.61. The van der Waals surface area contributed by atoms with Crippen molar-refractivity contribution in [3.63, 3.8) is 0 Å². The van der Waals surface area contributed by atoms with E-state index in [0.717, 1.165) is 0 Å². The van der Waals surface area contributed by atoms with Crippen LogP contribution in [0.5, 0.6) is 0 Å². The number of benzene rings is 1. The van der Waals surface area contributed by atoms with Crippen LogP contribution in [-0.4, -0.2) is 32.1 Å². The lowest BCUT2D eigenvalue weighted by molar-refractivity contribution is -0.169. The second-order valence-electron chi connectivity index (χ2n) is 3.90. The minimum atomic E-state index is -4.61. The topological polar surface area (TPSA) is 95.4 Å². The van der Waals surface area contributed by atoms with E-state index in [-0.39, 0.29) is 11.1 Å². The van der Waals surface area contributed by atoms with Crippen LogP contribution in [0.25, 0.3) is 11.1 Å². The zero-order chi connectivity index (χ0) is 15.0. The molecule has 2 N–H and O–H groups in total. The molecule has 1 aromatic carbocycles. The lowest BCUT2D eigenvalue weighted by atomic mass is 10.3. The number of fused-ring (bicyclic) bond motifs is 1. The smallest absolute Gasteiger partial charge is 0.411 e. The largest absolute Gasteiger partial charge is 0.428 e. The highest BCUT2D eigenvalue weighted by Crippen LogP contribution is 2.22. The van der Waals surface area contributed by atoms with Gasteiger partial charge < -0.3 is 14.9 Å². The first kappa shape index (κ1) is 14.6. The van der Waals surface area contributed by atoms with E-state index in [1.54, 1.807) is 0 Å². The summed E-state index contributed by atoms with van der Waals surface area (Å²) < 4.78 is 68.1. The van der Waals surface area contributed by atoms with Crippen LogP contribution in [0.15, 0.2) is 27.8 Å². The Morgan fingerprint density at radius 2 is 2.05 bits per heavy atom. The Labute approximate surface area is 111 Å². The summed E-state index contributed by atoms with van der Waals surface area (Å²) in [5.41, 5.74) is 6.18. The van der Waals surface area contributed by atoms with Crippen LogP contribution in [0.1, 0.15) is 0 Å². The quantitative estimate of drug-likeness (QED) is 0.864. The molecule has 2 rings (SSSR count). The van der Waals surface area contributed by atoms with Gasteiger partial charge in [-0.1, -0.05) is 0 Å². The fraction of sp³-hybridized carbons (Fsp3) is 0.300. The minimum Gasteiger partial charge on any atom is -0.428 e. The highest BCUT2D eigenvalue weighted by Gasteiger charge is 2.30. The molecule has 0 unspecified atom stereocenters. The number of rotatable bonds is 4. The average Bonchev–Trinajstić information content (AvgIpc) is 2.70. The van der Waals surface area contributed by atoms with Crippen LogP contribution in [0.2, 0.25) is 0 Å². The number of anilines is 1. The van der Waals surface area contributed by atoms with Crippen LogP contribution in [0.3, 0.4) is 0 Å². The van der Waals surface area contributed by atoms with Crippen molar-refractivity contribution in [3.05, 3.63) is 18.2 Å². The number of sulfone groups is 1. The number of halogens is 3. The van der Waals surface area contributed by atoms with Crippen LogP contribution in [0.4, 0.5) is 18.9 Å². The first-order valence-corrected chi connectivity index (χ1v) is 6.86. The van der Waals surface area contributed by atoms with E-state index >= 15 is 0 Å². The molecule has 0 amide bonds. The van der Waals surface area contributed by atoms with Crippen molar-refractivity contribution in [2.45, 2.75) is 11.4 Å². The van der Waals surface area contributed by atoms with Gasteiger partial charge in [0.25, 0.3) is 9.84 Å². The van der Waals surface area contributed by atoms with Gasteiger partial charge in [0.05, 0.1) is 0 Å². The maximum atomic E-state index is 11.9. The Hall–Kier alpha value is -1.81. The van der Waals surface area contributed by atoms with Gasteiger partial charge in [0.1, 0.15) is 12.1 Å². The summed E-state index contributed by atoms with van der Waals surface area (Å²) in [4.78, 5) is 3.67. The number of nitrogens with two attached hydrogens (primary N) is 1. The number of alkyl halides is 3. The number of aromatic nitrogens is 1. The zero-order valence-corrected chi connectivity index (χ0v) is 10.7. The van der Waals surface area contributed by atoms with Gasteiger partial charge in [-0.05, 0) is 12.1 Å². The molecule has 20 heavy (non-hydrogen) atoms. The SMILES string of the molecule is Nc1ccc2nc(S(=O)(=O)COCC(F)(F)F)oc2c1. The predicted octanol–water partition coefficient (Wildman–Crippen LogP) is 1.72. The van der Waals surface area contributed by atoms with Crippen molar-refractivity contribution in [2.24, 2.45) is 0 Å². The lowest BCUT2D eigenvalue weighted by Gasteiger charge is -2.06. The van der Waals surface area contributed by atoms with Gasteiger partial charge in [-0.2, -0.15) is 18.2 Å². The Morgan fingerprint density at radius 1 is 1.35 bits per heavy atom. The van der Waals surface area contributed by atoms with E-state index in [0.29, 0.717) is 5.69 Å². The Balaban J connectivity index is 2.19. The summed E-state index contributed by atoms with van der Waals surface area (Å²) in [6.07, 6.45) is -4.61. The highest BCUT2D eigenvalue weighted by molar-refractivity contribution is 7.91. The fourth-order valence-corrected chi connectivity index (χ4v) is 2.23. The summed E-state index contributed by atoms with van der Waals surface area (Å²) in [5.74, 6) is -1.17. The van der Waals surface area contributed by atoms with Crippen molar-refractivity contribution in [3.8, 4) is 0 Å². The van der Waals surface area contributed by atoms with E-state index in [9.17, 15) is 21.6 Å². The fourth-order valence-electron chi connectivity index (χ4n) is 1.37. The number of ether oxygens (including phenoxy) is 1. The normalized spacial score (nSPS) is 12.9. The maximum absolute atomic E-state index is 11.9. The van der Waals surface area contributed by atoms with Crippen LogP contribution < -0.4 is 5.73 Å². The number of nitrogen functional groups attached to an aromatic ring is 1. The minimum absolute atomic E-state index is 0.124. The van der Waals surface area contributed by atoms with Gasteiger partial charge in [0, 0.05) is 11.8 Å². The lowest BCUT2D eigenvalue weighted by Crippen LogP contribution is -2.20. The van der Waals surface area contributed by atoms with Crippen molar-refractivity contribution >= 4 is 26.6 Å². The molecule has 0 saturated heterocycles. The average molecular weight is 310 g/mol. The molecule has 6 nitrogen and oxygen atoms in total. The zero-order valence-electron chi connectivity index (χ0n) is 9.85. The second-order valence-corrected chi connectivity index (χ2v) is 5.72. The first-order chi connectivity index (χ1) is 9.17. The van der Waals surface area contributed by atoms with Crippen molar-refractivity contribution in [2.75, 3.05) is 18.3 Å². The van der Waals surface area contributed by atoms with Gasteiger partial charge >= 0.3 is 11.4 Å². The van der Waals surface area contributed by atoms with Gasteiger partial charge in [0.15, 0.2) is 11.5 Å². The molecule has 2 aromatic rings. The van der Waals surface area contributed by atoms with Crippen molar-refractivity contribution in [1.29, 1.82) is 0 Å². The summed E-state index contributed by atoms with van der Waals surface area (Å²) in [6, 6.07) is 4.28. The third-order valence-corrected chi connectivity index (χ3v) is 3.35. The molecule has 1 heterocycles. The molecule has 110 valence electrons. The van der Waals surface area contributed by atoms with E-state index in [1.807, 2.05) is 0 Å². The monoisotopic (exact) mass is 310 g/mol. The standard InChI is InChI=1S/C10H9F3N2O4S/c11-10(12,13)4-18-5-20(16,17)9-15-7-2-1-6(14)3-8(7)19-9/h1-3H,4-5,14H2. The molecular formula is C10H9F3N2O4S. The molecule has 0 bridgehead atoms. The van der Waals surface area contributed by atoms with E-state index in [4.69, 9.17) is 10.2 Å². The van der Waals surface area contributed by atoms with E-state index < -0.39 is 33.8 Å². The molecule has 10 heteroatoms. The predicted molar refractivity (Wildman–Crippen MR) is 62.5 cm³/mol. The highest BCUT2D eigenvalue weighted by atomic mass is 32.2. The van der Waals surface area contributed by atoms with Crippen LogP contribution in [-0.2, 0) is 14.6 Å². The van der Waals surface area contributed by atoms with Gasteiger partial charge in [0.2, 0.25) is 0 Å². The van der Waals surface area contributed by atoms with Crippen LogP contribution >= 0.6 is 0 Å². The molecule has 0 spiro atoms. The van der Waals surface area contributed by atoms with E-state index in [1.165, 1.54) is 18.2 Å². The number of hydrogen-bond donors (Lipinski definition) is 1. The molecule has 1 aromatic heterocycles. The van der Waals surface area contributed by atoms with Crippen LogP contribution in [0, 0.1) is 0 Å². The van der Waals surface area contributed by atoms with Gasteiger partial charge in [-0.25, -0.2) is 8.42 Å². The molecular weight excluding hydrogens is 301 g/mol. The summed E-state index contributed by atoms with van der Waals surface area (Å²) in [5, 5.41) is -0.708. The maximum Gasteiger partial charge on any atom is 0.411 e. The van der Waals surface area contributed by atoms with Gasteiger partial charge in [-0.15, -0.1) is 0 Å². The Bertz CT molecular complexity index is 724. The molecule has 0 radical (unpaired) electrons. The number of hydrogen-bond acceptors (Lipinski definition) is 6. The van der Waals surface area contributed by atoms with Gasteiger partial charge in [-0.3, -0.25) is 0 Å². The third-order valence-electron chi connectivity index (χ3n) is 2.16. The number of oxazole rings is 1. The second kappa shape index (κ2) is 4.94. The van der Waals surface area contributed by atoms with E-state index in [2.05, 4.69) is 9.72 Å². The summed E-state index contributed by atoms with van der Waals surface area (Å²) >= 11 is 0. The molecule has 0 aliphatic heterocycles. The summed E-state index contributed by atoms with van der Waals surface area (Å²) in [6.45, 7) is -1.67. The third kappa shape index (κ3) is 3.39. The summed E-state index contributed by atoms with van der Waals surface area (Å²) in [7, 11) is -4.20. The Morgan fingerprint density at radius 3 is 2.70 bits per heavy atom. The molecule has 0 aliphatic rings. The molecule has 0 aliphatic carbocycles.